The maximum atomic E-state index is 12.3. The summed E-state index contributed by atoms with van der Waals surface area (Å²) in [4.78, 5) is 25.8. The van der Waals surface area contributed by atoms with E-state index in [1.165, 1.54) is 4.68 Å². The van der Waals surface area contributed by atoms with Crippen LogP contribution in [0.5, 0.6) is 0 Å². The van der Waals surface area contributed by atoms with Crippen LogP contribution in [0.1, 0.15) is 24.5 Å². The van der Waals surface area contributed by atoms with Crippen LogP contribution in [0, 0.1) is 0 Å². The van der Waals surface area contributed by atoms with Gasteiger partial charge in [-0.2, -0.15) is 10.2 Å². The molecule has 134 valence electrons. The number of amides is 2. The van der Waals surface area contributed by atoms with E-state index in [0.717, 1.165) is 31.6 Å². The minimum atomic E-state index is -0.140. The van der Waals surface area contributed by atoms with Crippen LogP contribution in [0.2, 0.25) is 0 Å². The monoisotopic (exact) mass is 345 g/mol. The molecule has 2 amide bonds. The molecule has 3 heterocycles. The molecule has 1 atom stereocenters. The maximum absolute atomic E-state index is 12.3. The molecule has 0 radical (unpaired) electrons. The van der Waals surface area contributed by atoms with E-state index in [1.54, 1.807) is 25.6 Å². The molecule has 1 aliphatic heterocycles. The number of likely N-dealkylation sites (tertiary alicyclic amines) is 1. The van der Waals surface area contributed by atoms with E-state index in [0.29, 0.717) is 18.2 Å². The van der Waals surface area contributed by atoms with E-state index in [9.17, 15) is 9.59 Å². The van der Waals surface area contributed by atoms with Crippen molar-refractivity contribution >= 4 is 17.5 Å². The molecule has 3 rings (SSSR count). The van der Waals surface area contributed by atoms with Crippen molar-refractivity contribution in [3.05, 3.63) is 30.4 Å². The minimum absolute atomic E-state index is 0.0789. The summed E-state index contributed by atoms with van der Waals surface area (Å²) in [5.74, 6) is 0.170. The highest BCUT2D eigenvalue weighted by Gasteiger charge is 2.23. The Hall–Kier alpha value is -2.68. The lowest BCUT2D eigenvalue weighted by Gasteiger charge is -2.31. The lowest BCUT2D eigenvalue weighted by atomic mass is 9.95. The van der Waals surface area contributed by atoms with Gasteiger partial charge in [0.05, 0.1) is 18.4 Å². The Kier molecular flexibility index (Phi) is 5.44. The topological polar surface area (TPSA) is 108 Å². The Labute approximate surface area is 145 Å². The number of rotatable bonds is 6. The Bertz CT molecular complexity index is 710. The zero-order valence-corrected chi connectivity index (χ0v) is 14.2. The Morgan fingerprint density at radius 3 is 3.00 bits per heavy atom. The summed E-state index contributed by atoms with van der Waals surface area (Å²) in [6, 6.07) is 2.00. The fourth-order valence-electron chi connectivity index (χ4n) is 3.09. The maximum Gasteiger partial charge on any atom is 0.241 e. The highest BCUT2D eigenvalue weighted by Crippen LogP contribution is 2.24. The van der Waals surface area contributed by atoms with Gasteiger partial charge >= 0.3 is 0 Å². The molecule has 0 aromatic carbocycles. The van der Waals surface area contributed by atoms with Crippen molar-refractivity contribution in [2.24, 2.45) is 0 Å². The number of nitrogens with one attached hydrogen (secondary N) is 3. The van der Waals surface area contributed by atoms with Gasteiger partial charge in [0.15, 0.2) is 0 Å². The van der Waals surface area contributed by atoms with Crippen LogP contribution in [0.4, 0.5) is 5.69 Å². The van der Waals surface area contributed by atoms with E-state index in [4.69, 9.17) is 0 Å². The fraction of sp³-hybridized carbons (Fsp3) is 0.500. The quantitative estimate of drug-likeness (QED) is 0.692. The number of carbonyl (C=O) groups excluding carboxylic acids is 2. The van der Waals surface area contributed by atoms with Gasteiger partial charge in [0, 0.05) is 37.6 Å². The van der Waals surface area contributed by atoms with Crippen molar-refractivity contribution in [2.75, 3.05) is 32.0 Å². The molecule has 1 aliphatic rings. The Morgan fingerprint density at radius 2 is 2.24 bits per heavy atom. The van der Waals surface area contributed by atoms with Crippen LogP contribution in [0.25, 0.3) is 0 Å². The van der Waals surface area contributed by atoms with Crippen molar-refractivity contribution in [3.8, 4) is 0 Å². The van der Waals surface area contributed by atoms with E-state index >= 15 is 0 Å². The van der Waals surface area contributed by atoms with Crippen molar-refractivity contribution in [1.82, 2.24) is 30.2 Å². The number of hydrogen-bond acceptors (Lipinski definition) is 5. The first-order chi connectivity index (χ1) is 12.1. The molecular weight excluding hydrogens is 322 g/mol. The van der Waals surface area contributed by atoms with E-state index in [1.807, 2.05) is 6.07 Å². The van der Waals surface area contributed by atoms with Gasteiger partial charge in [-0.05, 0) is 25.5 Å². The molecule has 0 aliphatic carbocycles. The average molecular weight is 345 g/mol. The SMILES string of the molecule is CNC(=O)Cn1cc(NC(=O)CN2CCCC(c3ccn[nH]3)C2)cn1. The molecule has 9 nitrogen and oxygen atoms in total. The second-order valence-electron chi connectivity index (χ2n) is 6.23. The predicted octanol–water partition coefficient (Wildman–Crippen LogP) is 0.170. The summed E-state index contributed by atoms with van der Waals surface area (Å²) in [5, 5.41) is 16.5. The van der Waals surface area contributed by atoms with Crippen LogP contribution in [-0.2, 0) is 16.1 Å². The number of anilines is 1. The summed E-state index contributed by atoms with van der Waals surface area (Å²) in [7, 11) is 1.57. The summed E-state index contributed by atoms with van der Waals surface area (Å²) in [5.41, 5.74) is 1.72. The molecule has 0 spiro atoms. The number of piperidine rings is 1. The van der Waals surface area contributed by atoms with Gasteiger partial charge in [0.2, 0.25) is 11.8 Å². The average Bonchev–Trinajstić information content (AvgIpc) is 3.27. The standard InChI is InChI=1S/C16H23N7O2/c1-17-15(24)11-23-9-13(7-19-23)20-16(25)10-22-6-2-3-12(8-22)14-4-5-18-21-14/h4-5,7,9,12H,2-3,6,8,10-11H2,1H3,(H,17,24)(H,18,21)(H,20,25). The molecule has 3 N–H and O–H groups in total. The summed E-state index contributed by atoms with van der Waals surface area (Å²) < 4.78 is 1.49. The van der Waals surface area contributed by atoms with Crippen LogP contribution >= 0.6 is 0 Å². The molecule has 1 unspecified atom stereocenters. The number of likely N-dealkylation sites (N-methyl/N-ethyl adjacent to an activating group) is 1. The predicted molar refractivity (Wildman–Crippen MR) is 91.9 cm³/mol. The van der Waals surface area contributed by atoms with E-state index < -0.39 is 0 Å². The zero-order chi connectivity index (χ0) is 17.6. The first-order valence-corrected chi connectivity index (χ1v) is 8.38. The van der Waals surface area contributed by atoms with Gasteiger partial charge in [-0.3, -0.25) is 24.3 Å². The second kappa shape index (κ2) is 7.93. The molecule has 1 fully saturated rings. The van der Waals surface area contributed by atoms with E-state index in [-0.39, 0.29) is 18.4 Å². The van der Waals surface area contributed by atoms with Gasteiger partial charge < -0.3 is 10.6 Å². The molecule has 25 heavy (non-hydrogen) atoms. The Morgan fingerprint density at radius 1 is 1.36 bits per heavy atom. The molecule has 0 bridgehead atoms. The Balaban J connectivity index is 1.49. The van der Waals surface area contributed by atoms with Crippen molar-refractivity contribution < 1.29 is 9.59 Å². The van der Waals surface area contributed by atoms with Crippen molar-refractivity contribution in [1.29, 1.82) is 0 Å². The van der Waals surface area contributed by atoms with Gasteiger partial charge in [0.1, 0.15) is 6.54 Å². The van der Waals surface area contributed by atoms with Gasteiger partial charge in [-0.1, -0.05) is 0 Å². The first kappa shape index (κ1) is 17.2. The molecular formula is C16H23N7O2. The number of nitrogens with zero attached hydrogens (tertiary/aromatic N) is 4. The highest BCUT2D eigenvalue weighted by atomic mass is 16.2. The molecule has 1 saturated heterocycles. The highest BCUT2D eigenvalue weighted by molar-refractivity contribution is 5.92. The second-order valence-corrected chi connectivity index (χ2v) is 6.23. The first-order valence-electron chi connectivity index (χ1n) is 8.38. The number of carbonyl (C=O) groups is 2. The van der Waals surface area contributed by atoms with E-state index in [2.05, 4.69) is 30.8 Å². The lowest BCUT2D eigenvalue weighted by Crippen LogP contribution is -2.39. The third-order valence-corrected chi connectivity index (χ3v) is 4.34. The molecule has 2 aromatic heterocycles. The molecule has 9 heteroatoms. The normalized spacial score (nSPS) is 18.0. The number of H-pyrrole nitrogens is 1. The van der Waals surface area contributed by atoms with Gasteiger partial charge in [-0.25, -0.2) is 0 Å². The smallest absolute Gasteiger partial charge is 0.241 e. The minimum Gasteiger partial charge on any atom is -0.358 e. The van der Waals surface area contributed by atoms with Crippen molar-refractivity contribution in [2.45, 2.75) is 25.3 Å². The summed E-state index contributed by atoms with van der Waals surface area (Å²) in [6.45, 7) is 2.22. The number of aromatic amines is 1. The third-order valence-electron chi connectivity index (χ3n) is 4.34. The van der Waals surface area contributed by atoms with Crippen LogP contribution < -0.4 is 10.6 Å². The van der Waals surface area contributed by atoms with Crippen molar-refractivity contribution in [3.63, 3.8) is 0 Å². The van der Waals surface area contributed by atoms with Crippen LogP contribution in [-0.4, -0.2) is 63.4 Å². The molecule has 2 aromatic rings. The van der Waals surface area contributed by atoms with Crippen LogP contribution in [0.3, 0.4) is 0 Å². The lowest BCUT2D eigenvalue weighted by molar-refractivity contribution is -0.121. The summed E-state index contributed by atoms with van der Waals surface area (Å²) in [6.07, 6.45) is 7.12. The number of aromatic nitrogens is 4. The molecule has 0 saturated carbocycles. The largest absolute Gasteiger partial charge is 0.358 e. The fourth-order valence-corrected chi connectivity index (χ4v) is 3.09. The van der Waals surface area contributed by atoms with Gasteiger partial charge in [0.25, 0.3) is 0 Å². The zero-order valence-electron chi connectivity index (χ0n) is 14.2. The number of hydrogen-bond donors (Lipinski definition) is 3. The van der Waals surface area contributed by atoms with Crippen LogP contribution in [0.15, 0.2) is 24.7 Å². The van der Waals surface area contributed by atoms with Gasteiger partial charge in [-0.15, -0.1) is 0 Å². The summed E-state index contributed by atoms with van der Waals surface area (Å²) >= 11 is 0. The third kappa shape index (κ3) is 4.66.